The van der Waals surface area contributed by atoms with Crippen molar-refractivity contribution in [3.05, 3.63) is 16.1 Å². The molecule has 0 aliphatic heterocycles. The SMILES string of the molecule is CCCCNCc1ncc(C)s1. The minimum atomic E-state index is 0.929. The van der Waals surface area contributed by atoms with Crippen molar-refractivity contribution in [2.24, 2.45) is 0 Å². The van der Waals surface area contributed by atoms with Crippen LogP contribution in [0.3, 0.4) is 0 Å². The highest BCUT2D eigenvalue weighted by Gasteiger charge is 1.96. The van der Waals surface area contributed by atoms with Gasteiger partial charge in [0.15, 0.2) is 0 Å². The van der Waals surface area contributed by atoms with Gasteiger partial charge in [-0.05, 0) is 19.9 Å². The topological polar surface area (TPSA) is 24.9 Å². The molecular weight excluding hydrogens is 168 g/mol. The number of aryl methyl sites for hydroxylation is 1. The summed E-state index contributed by atoms with van der Waals surface area (Å²) < 4.78 is 0. The molecular formula is C9H16N2S. The fourth-order valence-electron chi connectivity index (χ4n) is 0.980. The molecule has 0 aliphatic carbocycles. The van der Waals surface area contributed by atoms with E-state index >= 15 is 0 Å². The van der Waals surface area contributed by atoms with Crippen LogP contribution in [0.1, 0.15) is 29.7 Å². The zero-order chi connectivity index (χ0) is 8.81. The predicted octanol–water partition coefficient (Wildman–Crippen LogP) is 2.34. The van der Waals surface area contributed by atoms with Crippen LogP contribution in [0.4, 0.5) is 0 Å². The lowest BCUT2D eigenvalue weighted by atomic mass is 10.3. The van der Waals surface area contributed by atoms with Crippen molar-refractivity contribution in [2.45, 2.75) is 33.2 Å². The highest BCUT2D eigenvalue weighted by Crippen LogP contribution is 2.10. The van der Waals surface area contributed by atoms with Gasteiger partial charge >= 0.3 is 0 Å². The third-order valence-electron chi connectivity index (χ3n) is 1.65. The maximum atomic E-state index is 4.27. The number of nitrogens with zero attached hydrogens (tertiary/aromatic N) is 1. The van der Waals surface area contributed by atoms with Crippen molar-refractivity contribution in [2.75, 3.05) is 6.54 Å². The Morgan fingerprint density at radius 1 is 1.58 bits per heavy atom. The second kappa shape index (κ2) is 5.27. The Morgan fingerprint density at radius 3 is 3.00 bits per heavy atom. The number of hydrogen-bond acceptors (Lipinski definition) is 3. The quantitative estimate of drug-likeness (QED) is 0.710. The normalized spacial score (nSPS) is 10.5. The summed E-state index contributed by atoms with van der Waals surface area (Å²) in [6, 6.07) is 0. The fourth-order valence-corrected chi connectivity index (χ4v) is 1.74. The third-order valence-corrected chi connectivity index (χ3v) is 2.57. The van der Waals surface area contributed by atoms with Gasteiger partial charge in [0.25, 0.3) is 0 Å². The Bertz CT molecular complexity index is 220. The highest BCUT2D eigenvalue weighted by molar-refractivity contribution is 7.11. The van der Waals surface area contributed by atoms with E-state index in [1.165, 1.54) is 22.7 Å². The first-order chi connectivity index (χ1) is 5.83. The van der Waals surface area contributed by atoms with Crippen molar-refractivity contribution < 1.29 is 0 Å². The molecule has 2 nitrogen and oxygen atoms in total. The van der Waals surface area contributed by atoms with E-state index in [9.17, 15) is 0 Å². The summed E-state index contributed by atoms with van der Waals surface area (Å²) in [7, 11) is 0. The van der Waals surface area contributed by atoms with Crippen LogP contribution in [0.2, 0.25) is 0 Å². The van der Waals surface area contributed by atoms with Gasteiger partial charge in [0, 0.05) is 17.6 Å². The van der Waals surface area contributed by atoms with Crippen molar-refractivity contribution in [3.63, 3.8) is 0 Å². The van der Waals surface area contributed by atoms with Crippen molar-refractivity contribution in [1.82, 2.24) is 10.3 Å². The lowest BCUT2D eigenvalue weighted by molar-refractivity contribution is 0.639. The summed E-state index contributed by atoms with van der Waals surface area (Å²) >= 11 is 1.77. The Hall–Kier alpha value is -0.410. The van der Waals surface area contributed by atoms with E-state index in [2.05, 4.69) is 24.1 Å². The van der Waals surface area contributed by atoms with E-state index in [4.69, 9.17) is 0 Å². The molecule has 0 aliphatic rings. The first-order valence-electron chi connectivity index (χ1n) is 4.45. The van der Waals surface area contributed by atoms with Gasteiger partial charge in [0.05, 0.1) is 0 Å². The van der Waals surface area contributed by atoms with Gasteiger partial charge in [0.1, 0.15) is 5.01 Å². The Balaban J connectivity index is 2.15. The van der Waals surface area contributed by atoms with Gasteiger partial charge in [-0.25, -0.2) is 4.98 Å². The molecule has 0 aromatic carbocycles. The van der Waals surface area contributed by atoms with Crippen LogP contribution in [0.25, 0.3) is 0 Å². The van der Waals surface area contributed by atoms with Crippen molar-refractivity contribution in [3.8, 4) is 0 Å². The van der Waals surface area contributed by atoms with Crippen LogP contribution < -0.4 is 5.32 Å². The van der Waals surface area contributed by atoms with Gasteiger partial charge in [-0.15, -0.1) is 11.3 Å². The molecule has 0 spiro atoms. The van der Waals surface area contributed by atoms with Gasteiger partial charge in [-0.2, -0.15) is 0 Å². The first-order valence-corrected chi connectivity index (χ1v) is 5.26. The monoisotopic (exact) mass is 184 g/mol. The standard InChI is InChI=1S/C9H16N2S/c1-3-4-5-10-7-9-11-6-8(2)12-9/h6,10H,3-5,7H2,1-2H3. The second-order valence-corrected chi connectivity index (χ2v) is 4.21. The first kappa shape index (κ1) is 9.68. The molecule has 0 unspecified atom stereocenters. The minimum Gasteiger partial charge on any atom is -0.310 e. The molecule has 0 saturated heterocycles. The van der Waals surface area contributed by atoms with Crippen LogP contribution in [0.5, 0.6) is 0 Å². The molecule has 1 rings (SSSR count). The van der Waals surface area contributed by atoms with Gasteiger partial charge in [0.2, 0.25) is 0 Å². The highest BCUT2D eigenvalue weighted by atomic mass is 32.1. The predicted molar refractivity (Wildman–Crippen MR) is 53.5 cm³/mol. The number of unbranched alkanes of at least 4 members (excludes halogenated alkanes) is 1. The second-order valence-electron chi connectivity index (χ2n) is 2.89. The lowest BCUT2D eigenvalue weighted by Crippen LogP contribution is -2.13. The maximum absolute atomic E-state index is 4.27. The summed E-state index contributed by atoms with van der Waals surface area (Å²) in [6.45, 7) is 6.33. The average molecular weight is 184 g/mol. The van der Waals surface area contributed by atoms with Crippen LogP contribution in [0, 0.1) is 6.92 Å². The van der Waals surface area contributed by atoms with E-state index in [-0.39, 0.29) is 0 Å². The van der Waals surface area contributed by atoms with E-state index in [1.807, 2.05) is 6.20 Å². The fraction of sp³-hybridized carbons (Fsp3) is 0.667. The smallest absolute Gasteiger partial charge is 0.107 e. The lowest BCUT2D eigenvalue weighted by Gasteiger charge is -1.98. The minimum absolute atomic E-state index is 0.929. The average Bonchev–Trinajstić information content (AvgIpc) is 2.45. The number of nitrogens with one attached hydrogen (secondary N) is 1. The molecule has 0 atom stereocenters. The molecule has 0 bridgehead atoms. The van der Waals surface area contributed by atoms with E-state index in [1.54, 1.807) is 11.3 Å². The molecule has 0 fully saturated rings. The Morgan fingerprint density at radius 2 is 2.42 bits per heavy atom. The zero-order valence-electron chi connectivity index (χ0n) is 7.76. The molecule has 12 heavy (non-hydrogen) atoms. The zero-order valence-corrected chi connectivity index (χ0v) is 8.58. The van der Waals surface area contributed by atoms with Gasteiger partial charge in [-0.1, -0.05) is 13.3 Å². The number of hydrogen-bond donors (Lipinski definition) is 1. The molecule has 1 N–H and O–H groups in total. The van der Waals surface area contributed by atoms with E-state index in [0.29, 0.717) is 0 Å². The number of aromatic nitrogens is 1. The molecule has 0 saturated carbocycles. The molecule has 68 valence electrons. The van der Waals surface area contributed by atoms with Crippen molar-refractivity contribution >= 4 is 11.3 Å². The van der Waals surface area contributed by atoms with E-state index in [0.717, 1.165) is 13.1 Å². The summed E-state index contributed by atoms with van der Waals surface area (Å²) in [5.74, 6) is 0. The summed E-state index contributed by atoms with van der Waals surface area (Å²) in [5, 5.41) is 4.56. The number of thiazole rings is 1. The summed E-state index contributed by atoms with van der Waals surface area (Å²) in [4.78, 5) is 5.56. The summed E-state index contributed by atoms with van der Waals surface area (Å²) in [6.07, 6.45) is 4.44. The molecule has 0 radical (unpaired) electrons. The van der Waals surface area contributed by atoms with Gasteiger partial charge < -0.3 is 5.32 Å². The molecule has 3 heteroatoms. The third kappa shape index (κ3) is 3.32. The van der Waals surface area contributed by atoms with Gasteiger partial charge in [-0.3, -0.25) is 0 Å². The molecule has 1 aromatic rings. The molecule has 1 heterocycles. The largest absolute Gasteiger partial charge is 0.310 e. The van der Waals surface area contributed by atoms with Crippen molar-refractivity contribution in [1.29, 1.82) is 0 Å². The van der Waals surface area contributed by atoms with Crippen LogP contribution >= 0.6 is 11.3 Å². The maximum Gasteiger partial charge on any atom is 0.107 e. The Kier molecular flexibility index (Phi) is 4.25. The Labute approximate surface area is 78.0 Å². The molecule has 0 amide bonds. The van der Waals surface area contributed by atoms with Crippen LogP contribution in [0.15, 0.2) is 6.20 Å². The summed E-state index contributed by atoms with van der Waals surface area (Å²) in [5.41, 5.74) is 0. The van der Waals surface area contributed by atoms with Crippen LogP contribution in [-0.4, -0.2) is 11.5 Å². The number of rotatable bonds is 5. The van der Waals surface area contributed by atoms with E-state index < -0.39 is 0 Å². The molecule has 1 aromatic heterocycles. The van der Waals surface area contributed by atoms with Crippen LogP contribution in [-0.2, 0) is 6.54 Å².